The Bertz CT molecular complexity index is 1420. The van der Waals surface area contributed by atoms with E-state index in [2.05, 4.69) is 19.9 Å². The Kier molecular flexibility index (Phi) is 7.33. The van der Waals surface area contributed by atoms with Gasteiger partial charge in [-0.15, -0.1) is 0 Å². The Balaban J connectivity index is 1.67. The zero-order valence-electron chi connectivity index (χ0n) is 20.5. The zero-order valence-corrected chi connectivity index (χ0v) is 21.3. The average molecular weight is 528 g/mol. The summed E-state index contributed by atoms with van der Waals surface area (Å²) in [5, 5.41) is 10.4. The van der Waals surface area contributed by atoms with E-state index in [0.717, 1.165) is 11.8 Å². The largest absolute Gasteiger partial charge is 0.486 e. The molecule has 8 nitrogen and oxygen atoms in total. The molecule has 37 heavy (non-hydrogen) atoms. The number of aromatic nitrogens is 4. The summed E-state index contributed by atoms with van der Waals surface area (Å²) in [7, 11) is 0. The highest BCUT2D eigenvalue weighted by atomic mass is 35.5. The van der Waals surface area contributed by atoms with Gasteiger partial charge >= 0.3 is 0 Å². The molecule has 3 aromatic rings. The predicted molar refractivity (Wildman–Crippen MR) is 133 cm³/mol. The van der Waals surface area contributed by atoms with Gasteiger partial charge in [0.15, 0.2) is 11.6 Å². The van der Waals surface area contributed by atoms with Crippen LogP contribution < -0.4 is 4.90 Å². The van der Waals surface area contributed by atoms with Crippen molar-refractivity contribution in [1.82, 2.24) is 19.9 Å². The van der Waals surface area contributed by atoms with E-state index < -0.39 is 23.3 Å². The van der Waals surface area contributed by atoms with Crippen molar-refractivity contribution in [1.29, 1.82) is 0 Å². The predicted octanol–water partition coefficient (Wildman–Crippen LogP) is 4.71. The molecule has 3 aromatic heterocycles. The van der Waals surface area contributed by atoms with Gasteiger partial charge in [0.25, 0.3) is 0 Å². The van der Waals surface area contributed by atoms with Crippen molar-refractivity contribution in [2.75, 3.05) is 4.90 Å². The molecule has 1 aliphatic rings. The molecule has 0 aromatic carbocycles. The van der Waals surface area contributed by atoms with Crippen molar-refractivity contribution in [2.24, 2.45) is 0 Å². The monoisotopic (exact) mass is 527 g/mol. The molecular weight excluding hydrogens is 504 g/mol. The highest BCUT2D eigenvalue weighted by Gasteiger charge is 2.31. The number of carbonyl (C=O) groups is 1. The second-order valence-corrected chi connectivity index (χ2v) is 9.41. The molecule has 1 atom stereocenters. The Morgan fingerprint density at radius 2 is 1.92 bits per heavy atom. The van der Waals surface area contributed by atoms with Crippen LogP contribution in [0.25, 0.3) is 11.4 Å². The molecule has 0 spiro atoms. The lowest BCUT2D eigenvalue weighted by atomic mass is 10.1. The summed E-state index contributed by atoms with van der Waals surface area (Å²) in [4.78, 5) is 30.7. The van der Waals surface area contributed by atoms with Crippen LogP contribution in [0.1, 0.15) is 37.9 Å². The fraction of sp³-hybridized carbons (Fsp3) is 0.269. The lowest BCUT2D eigenvalue weighted by Crippen LogP contribution is -2.39. The van der Waals surface area contributed by atoms with E-state index in [1.165, 1.54) is 0 Å². The Hall–Kier alpha value is -3.76. The highest BCUT2D eigenvalue weighted by molar-refractivity contribution is 6.32. The molecule has 1 N–H and O–H groups in total. The number of hydrogen-bond donors (Lipinski definition) is 1. The number of hydrogen-bond acceptors (Lipinski definition) is 8. The maximum absolute atomic E-state index is 14.0. The summed E-state index contributed by atoms with van der Waals surface area (Å²) in [5.41, 5.74) is 1.72. The second kappa shape index (κ2) is 10.3. The SMILES string of the molecule is CC1=CC(OCc2ncc(F)cc2F)=C(Cl)C(C=O)N1c1cc(-c2ccnc(C(C)(C)O)n2)ncc1C. The fourth-order valence-corrected chi connectivity index (χ4v) is 4.04. The Morgan fingerprint density at radius 1 is 1.16 bits per heavy atom. The molecule has 4 heterocycles. The van der Waals surface area contributed by atoms with Gasteiger partial charge < -0.3 is 19.5 Å². The average Bonchev–Trinajstić information content (AvgIpc) is 2.85. The number of rotatable bonds is 7. The molecule has 192 valence electrons. The first-order valence-corrected chi connectivity index (χ1v) is 11.7. The van der Waals surface area contributed by atoms with Gasteiger partial charge in [0.2, 0.25) is 0 Å². The number of nitrogens with zero attached hydrogens (tertiary/aromatic N) is 5. The summed E-state index contributed by atoms with van der Waals surface area (Å²) in [5.74, 6) is -1.22. The van der Waals surface area contributed by atoms with Crippen molar-refractivity contribution >= 4 is 23.6 Å². The van der Waals surface area contributed by atoms with E-state index in [-0.39, 0.29) is 28.9 Å². The third kappa shape index (κ3) is 5.50. The minimum Gasteiger partial charge on any atom is -0.486 e. The van der Waals surface area contributed by atoms with E-state index in [1.54, 1.807) is 56.3 Å². The molecule has 0 bridgehead atoms. The molecule has 0 saturated carbocycles. The molecule has 0 fully saturated rings. The molecule has 0 aliphatic carbocycles. The number of aliphatic hydroxyl groups is 1. The first-order valence-electron chi connectivity index (χ1n) is 11.3. The van der Waals surface area contributed by atoms with Crippen LogP contribution in [0.5, 0.6) is 0 Å². The minimum absolute atomic E-state index is 0.0900. The number of carbonyl (C=O) groups excluding carboxylic acids is 1. The highest BCUT2D eigenvalue weighted by Crippen LogP contribution is 2.36. The first-order chi connectivity index (χ1) is 17.5. The van der Waals surface area contributed by atoms with Crippen molar-refractivity contribution in [3.8, 4) is 11.4 Å². The third-order valence-corrected chi connectivity index (χ3v) is 6.08. The van der Waals surface area contributed by atoms with Crippen LogP contribution >= 0.6 is 11.6 Å². The van der Waals surface area contributed by atoms with Crippen LogP contribution in [-0.2, 0) is 21.7 Å². The van der Waals surface area contributed by atoms with E-state index >= 15 is 0 Å². The van der Waals surface area contributed by atoms with Crippen LogP contribution in [0.4, 0.5) is 14.5 Å². The summed E-state index contributed by atoms with van der Waals surface area (Å²) < 4.78 is 32.8. The normalized spacial score (nSPS) is 16.1. The van der Waals surface area contributed by atoms with Crippen molar-refractivity contribution < 1.29 is 23.4 Å². The van der Waals surface area contributed by atoms with Crippen LogP contribution in [0.2, 0.25) is 0 Å². The smallest absolute Gasteiger partial charge is 0.160 e. The number of halogens is 3. The van der Waals surface area contributed by atoms with Crippen LogP contribution in [0.3, 0.4) is 0 Å². The summed E-state index contributed by atoms with van der Waals surface area (Å²) in [6.07, 6.45) is 6.38. The van der Waals surface area contributed by atoms with Gasteiger partial charge in [-0.25, -0.2) is 18.7 Å². The number of anilines is 1. The molecule has 0 saturated heterocycles. The molecule has 0 radical (unpaired) electrons. The van der Waals surface area contributed by atoms with Gasteiger partial charge in [0.05, 0.1) is 22.6 Å². The summed E-state index contributed by atoms with van der Waals surface area (Å²) in [6, 6.07) is 3.23. The lowest BCUT2D eigenvalue weighted by Gasteiger charge is -2.35. The van der Waals surface area contributed by atoms with Gasteiger partial charge in [-0.3, -0.25) is 9.97 Å². The van der Waals surface area contributed by atoms with Gasteiger partial charge in [-0.05, 0) is 45.4 Å². The molecule has 4 rings (SSSR count). The van der Waals surface area contributed by atoms with Gasteiger partial charge in [-0.2, -0.15) is 0 Å². The van der Waals surface area contributed by atoms with E-state index in [1.807, 2.05) is 6.92 Å². The Morgan fingerprint density at radius 3 is 2.59 bits per heavy atom. The van der Waals surface area contributed by atoms with Gasteiger partial charge in [0.1, 0.15) is 41.8 Å². The molecule has 11 heteroatoms. The standard InChI is InChI=1S/C26H24ClF2N5O3/c1-14-10-31-19(18-5-6-30-25(33-18)26(3,4)36)9-21(14)34-15(2)7-23(24(27)22(34)12-35)37-13-20-17(29)8-16(28)11-32-20/h5-12,22,36H,13H2,1-4H3. The molecule has 0 amide bonds. The van der Waals surface area contributed by atoms with E-state index in [0.29, 0.717) is 35.1 Å². The van der Waals surface area contributed by atoms with Crippen LogP contribution in [0, 0.1) is 18.6 Å². The zero-order chi connectivity index (χ0) is 26.9. The third-order valence-electron chi connectivity index (χ3n) is 5.67. The minimum atomic E-state index is -1.24. The summed E-state index contributed by atoms with van der Waals surface area (Å²) >= 11 is 6.57. The fourth-order valence-electron chi connectivity index (χ4n) is 3.78. The van der Waals surface area contributed by atoms with Crippen LogP contribution in [-0.4, -0.2) is 37.4 Å². The lowest BCUT2D eigenvalue weighted by molar-refractivity contribution is -0.108. The van der Waals surface area contributed by atoms with Gasteiger partial charge in [0, 0.05) is 35.9 Å². The Labute approximate surface area is 217 Å². The molecular formula is C26H24ClF2N5O3. The topological polar surface area (TPSA) is 101 Å². The quantitative estimate of drug-likeness (QED) is 0.441. The number of pyridine rings is 2. The van der Waals surface area contributed by atoms with E-state index in [4.69, 9.17) is 16.3 Å². The van der Waals surface area contributed by atoms with Gasteiger partial charge in [-0.1, -0.05) is 11.6 Å². The maximum atomic E-state index is 14.0. The number of aldehydes is 1. The number of aryl methyl sites for hydroxylation is 1. The first kappa shape index (κ1) is 26.3. The molecule has 1 unspecified atom stereocenters. The number of allylic oxidation sites excluding steroid dienone is 2. The van der Waals surface area contributed by atoms with Crippen molar-refractivity contribution in [2.45, 2.75) is 45.9 Å². The van der Waals surface area contributed by atoms with Crippen LogP contribution in [0.15, 0.2) is 59.4 Å². The summed E-state index contributed by atoms with van der Waals surface area (Å²) in [6.45, 7) is 6.49. The molecule has 1 aliphatic heterocycles. The second-order valence-electron chi connectivity index (χ2n) is 9.00. The number of ether oxygens (including phenoxy) is 1. The van der Waals surface area contributed by atoms with Crippen molar-refractivity contribution in [3.05, 3.63) is 88.1 Å². The maximum Gasteiger partial charge on any atom is 0.160 e. The van der Waals surface area contributed by atoms with E-state index in [9.17, 15) is 18.7 Å². The van der Waals surface area contributed by atoms with Crippen molar-refractivity contribution in [3.63, 3.8) is 0 Å².